The van der Waals surface area contributed by atoms with Gasteiger partial charge in [0, 0.05) is 18.1 Å². The molecule has 7 nitrogen and oxygen atoms in total. The van der Waals surface area contributed by atoms with E-state index in [-0.39, 0.29) is 12.3 Å². The molecule has 144 valence electrons. The number of aromatic nitrogens is 2. The second-order valence-corrected chi connectivity index (χ2v) is 6.12. The third kappa shape index (κ3) is 4.56. The Labute approximate surface area is 163 Å². The Morgan fingerprint density at radius 1 is 1.11 bits per heavy atom. The van der Waals surface area contributed by atoms with Gasteiger partial charge >= 0.3 is 0 Å². The summed E-state index contributed by atoms with van der Waals surface area (Å²) < 4.78 is 12.4. The Morgan fingerprint density at radius 2 is 1.86 bits per heavy atom. The molecule has 1 heterocycles. The highest BCUT2D eigenvalue weighted by atomic mass is 16.5. The molecule has 0 spiro atoms. The van der Waals surface area contributed by atoms with Gasteiger partial charge in [-0.05, 0) is 42.3 Å². The first-order valence-corrected chi connectivity index (χ1v) is 8.73. The third-order valence-electron chi connectivity index (χ3n) is 4.25. The number of imidazole rings is 1. The monoisotopic (exact) mass is 378 g/mol. The zero-order valence-corrected chi connectivity index (χ0v) is 16.0. The number of carbonyl (C=O) groups excluding carboxylic acids is 1. The summed E-state index contributed by atoms with van der Waals surface area (Å²) in [6.07, 6.45) is 5.54. The molecule has 28 heavy (non-hydrogen) atoms. The van der Waals surface area contributed by atoms with Crippen molar-refractivity contribution in [1.82, 2.24) is 15.0 Å². The van der Waals surface area contributed by atoms with Crippen molar-refractivity contribution in [2.75, 3.05) is 14.2 Å². The number of nitrogens with one attached hydrogen (secondary N) is 1. The zero-order valence-electron chi connectivity index (χ0n) is 16.0. The van der Waals surface area contributed by atoms with Crippen LogP contribution in [-0.2, 0) is 11.2 Å². The number of carbonyl (C=O) groups is 1. The lowest BCUT2D eigenvalue weighted by molar-refractivity contribution is -0.120. The fourth-order valence-electron chi connectivity index (χ4n) is 2.71. The van der Waals surface area contributed by atoms with Crippen LogP contribution in [0.15, 0.2) is 66.3 Å². The Bertz CT molecular complexity index is 964. The number of ether oxygens (including phenoxy) is 2. The van der Waals surface area contributed by atoms with Crippen LogP contribution in [0.25, 0.3) is 5.69 Å². The molecule has 3 rings (SSSR count). The number of hydrazone groups is 1. The lowest BCUT2D eigenvalue weighted by atomic mass is 10.1. The minimum Gasteiger partial charge on any atom is -0.493 e. The summed E-state index contributed by atoms with van der Waals surface area (Å²) >= 11 is 0. The highest BCUT2D eigenvalue weighted by Gasteiger charge is 2.08. The van der Waals surface area contributed by atoms with Gasteiger partial charge in [-0.15, -0.1) is 0 Å². The van der Waals surface area contributed by atoms with Crippen molar-refractivity contribution >= 4 is 11.6 Å². The normalized spacial score (nSPS) is 11.2. The Kier molecular flexibility index (Phi) is 6.06. The molecule has 0 fully saturated rings. The highest BCUT2D eigenvalue weighted by Crippen LogP contribution is 2.27. The molecule has 1 N–H and O–H groups in total. The van der Waals surface area contributed by atoms with Gasteiger partial charge in [0.05, 0.1) is 32.7 Å². The number of benzene rings is 2. The van der Waals surface area contributed by atoms with Crippen LogP contribution in [-0.4, -0.2) is 35.4 Å². The largest absolute Gasteiger partial charge is 0.493 e. The van der Waals surface area contributed by atoms with E-state index < -0.39 is 0 Å². The maximum Gasteiger partial charge on any atom is 0.244 e. The molecule has 0 aliphatic carbocycles. The van der Waals surface area contributed by atoms with Gasteiger partial charge in [0.1, 0.15) is 0 Å². The van der Waals surface area contributed by atoms with Crippen molar-refractivity contribution in [3.63, 3.8) is 0 Å². The minimum absolute atomic E-state index is 0.191. The van der Waals surface area contributed by atoms with Crippen LogP contribution in [0.4, 0.5) is 0 Å². The summed E-state index contributed by atoms with van der Waals surface area (Å²) in [5, 5.41) is 4.20. The molecule has 0 bridgehead atoms. The fourth-order valence-corrected chi connectivity index (χ4v) is 2.71. The number of hydrogen-bond acceptors (Lipinski definition) is 5. The summed E-state index contributed by atoms with van der Waals surface area (Å²) in [6, 6.07) is 13.2. The topological polar surface area (TPSA) is 77.7 Å². The Morgan fingerprint density at radius 3 is 2.50 bits per heavy atom. The first-order valence-electron chi connectivity index (χ1n) is 8.73. The molecule has 0 atom stereocenters. The van der Waals surface area contributed by atoms with Crippen LogP contribution in [0, 0.1) is 0 Å². The van der Waals surface area contributed by atoms with Crippen LogP contribution >= 0.6 is 0 Å². The van der Waals surface area contributed by atoms with E-state index in [4.69, 9.17) is 9.47 Å². The second kappa shape index (κ2) is 8.85. The van der Waals surface area contributed by atoms with Crippen LogP contribution in [0.2, 0.25) is 0 Å². The van der Waals surface area contributed by atoms with E-state index in [9.17, 15) is 4.79 Å². The average Bonchev–Trinajstić information content (AvgIpc) is 3.27. The molecule has 0 unspecified atom stereocenters. The standard InChI is InChI=1S/C21H22N4O3/c1-15(17-5-7-18(8-6-17)25-11-10-22-14-25)23-24-21(26)13-16-4-9-19(27-2)20(12-16)28-3/h4-12,14H,13H2,1-3H3,(H,24,26)/b23-15-. The lowest BCUT2D eigenvalue weighted by Crippen LogP contribution is -2.21. The number of rotatable bonds is 7. The molecule has 2 aromatic carbocycles. The molecule has 0 aliphatic heterocycles. The molecular weight excluding hydrogens is 356 g/mol. The molecule has 1 amide bonds. The predicted octanol–water partition coefficient (Wildman–Crippen LogP) is 2.97. The van der Waals surface area contributed by atoms with Crippen LogP contribution < -0.4 is 14.9 Å². The van der Waals surface area contributed by atoms with Gasteiger partial charge < -0.3 is 14.0 Å². The molecule has 3 aromatic rings. The van der Waals surface area contributed by atoms with Crippen molar-refractivity contribution in [2.45, 2.75) is 13.3 Å². The van der Waals surface area contributed by atoms with E-state index >= 15 is 0 Å². The zero-order chi connectivity index (χ0) is 19.9. The third-order valence-corrected chi connectivity index (χ3v) is 4.25. The smallest absolute Gasteiger partial charge is 0.244 e. The van der Waals surface area contributed by atoms with Gasteiger partial charge in [-0.25, -0.2) is 10.4 Å². The summed E-state index contributed by atoms with van der Waals surface area (Å²) in [4.78, 5) is 16.2. The summed E-state index contributed by atoms with van der Waals surface area (Å²) in [5.41, 5.74) is 6.06. The van der Waals surface area contributed by atoms with Crippen LogP contribution in [0.3, 0.4) is 0 Å². The van der Waals surface area contributed by atoms with Crippen LogP contribution in [0.1, 0.15) is 18.1 Å². The maximum atomic E-state index is 12.2. The first-order chi connectivity index (χ1) is 13.6. The Balaban J connectivity index is 1.62. The summed E-state index contributed by atoms with van der Waals surface area (Å²) in [7, 11) is 3.14. The molecule has 1 aromatic heterocycles. The van der Waals surface area contributed by atoms with Crippen molar-refractivity contribution in [3.05, 3.63) is 72.3 Å². The van der Waals surface area contributed by atoms with E-state index in [0.29, 0.717) is 11.5 Å². The average molecular weight is 378 g/mol. The Hall–Kier alpha value is -3.61. The van der Waals surface area contributed by atoms with Gasteiger partial charge in [-0.2, -0.15) is 5.10 Å². The molecule has 7 heteroatoms. The van der Waals surface area contributed by atoms with Crippen molar-refractivity contribution in [3.8, 4) is 17.2 Å². The van der Waals surface area contributed by atoms with E-state index in [1.807, 2.05) is 48.0 Å². The molecule has 0 saturated heterocycles. The van der Waals surface area contributed by atoms with Gasteiger partial charge in [0.25, 0.3) is 0 Å². The molecule has 0 radical (unpaired) electrons. The second-order valence-electron chi connectivity index (χ2n) is 6.12. The minimum atomic E-state index is -0.207. The summed E-state index contributed by atoms with van der Waals surface area (Å²) in [6.45, 7) is 1.85. The van der Waals surface area contributed by atoms with Gasteiger partial charge in [-0.1, -0.05) is 18.2 Å². The quantitative estimate of drug-likeness (QED) is 0.506. The fraction of sp³-hybridized carbons (Fsp3) is 0.190. The highest BCUT2D eigenvalue weighted by molar-refractivity contribution is 5.99. The lowest BCUT2D eigenvalue weighted by Gasteiger charge is -2.09. The van der Waals surface area contributed by atoms with Gasteiger partial charge in [0.2, 0.25) is 5.91 Å². The van der Waals surface area contributed by atoms with Crippen molar-refractivity contribution < 1.29 is 14.3 Å². The molecule has 0 saturated carbocycles. The number of nitrogens with zero attached hydrogens (tertiary/aromatic N) is 3. The molecular formula is C21H22N4O3. The maximum absolute atomic E-state index is 12.2. The van der Waals surface area contributed by atoms with Gasteiger partial charge in [0.15, 0.2) is 11.5 Å². The number of amides is 1. The van der Waals surface area contributed by atoms with Crippen molar-refractivity contribution in [2.24, 2.45) is 5.10 Å². The van der Waals surface area contributed by atoms with E-state index in [1.165, 1.54) is 0 Å². The van der Waals surface area contributed by atoms with E-state index in [0.717, 1.165) is 22.5 Å². The number of methoxy groups -OCH3 is 2. The predicted molar refractivity (Wildman–Crippen MR) is 107 cm³/mol. The first kappa shape index (κ1) is 19.2. The number of hydrogen-bond donors (Lipinski definition) is 1. The van der Waals surface area contributed by atoms with Gasteiger partial charge in [-0.3, -0.25) is 4.79 Å². The van der Waals surface area contributed by atoms with Crippen LogP contribution in [0.5, 0.6) is 11.5 Å². The SMILES string of the molecule is COc1ccc(CC(=O)N/N=C(/C)c2ccc(-n3ccnc3)cc2)cc1OC. The van der Waals surface area contributed by atoms with E-state index in [1.54, 1.807) is 38.9 Å². The van der Waals surface area contributed by atoms with Crippen molar-refractivity contribution in [1.29, 1.82) is 0 Å². The summed E-state index contributed by atoms with van der Waals surface area (Å²) in [5.74, 6) is 1.01. The van der Waals surface area contributed by atoms with E-state index in [2.05, 4.69) is 15.5 Å². The molecule has 0 aliphatic rings.